The maximum atomic E-state index is 14.2. The van der Waals surface area contributed by atoms with Gasteiger partial charge in [0.05, 0.1) is 12.6 Å². The Morgan fingerprint density at radius 2 is 2.26 bits per heavy atom. The number of amidine groups is 1. The zero-order valence-electron chi connectivity index (χ0n) is 12.9. The van der Waals surface area contributed by atoms with E-state index in [-0.39, 0.29) is 5.56 Å². The summed E-state index contributed by atoms with van der Waals surface area (Å²) in [6, 6.07) is 4.16. The minimum atomic E-state index is -0.851. The molecule has 3 rings (SSSR count). The van der Waals surface area contributed by atoms with Crippen LogP contribution in [0.4, 0.5) is 8.78 Å². The quantitative estimate of drug-likeness (QED) is 0.897. The first kappa shape index (κ1) is 15.5. The number of nitrogens with zero attached hydrogens (tertiary/aromatic N) is 1. The normalized spacial score (nSPS) is 18.3. The molecule has 1 atom stereocenters. The summed E-state index contributed by atoms with van der Waals surface area (Å²) in [6.07, 6.45) is 4.51. The van der Waals surface area contributed by atoms with Gasteiger partial charge in [0.1, 0.15) is 6.61 Å². The zero-order valence-corrected chi connectivity index (χ0v) is 12.9. The van der Waals surface area contributed by atoms with Crippen LogP contribution in [0.3, 0.4) is 0 Å². The molecule has 1 aromatic carbocycles. The van der Waals surface area contributed by atoms with Crippen molar-refractivity contribution in [2.24, 2.45) is 4.99 Å². The number of benzene rings is 1. The lowest BCUT2D eigenvalue weighted by Crippen LogP contribution is -2.31. The van der Waals surface area contributed by atoms with Gasteiger partial charge in [-0.25, -0.2) is 13.8 Å². The molecule has 0 spiro atoms. The molecule has 0 radical (unpaired) electrons. The van der Waals surface area contributed by atoms with E-state index in [0.29, 0.717) is 32.1 Å². The Bertz CT molecular complexity index is 682. The van der Waals surface area contributed by atoms with Crippen molar-refractivity contribution in [3.8, 4) is 0 Å². The van der Waals surface area contributed by atoms with E-state index in [2.05, 4.69) is 21.7 Å². The van der Waals surface area contributed by atoms with Crippen LogP contribution in [0, 0.1) is 11.6 Å². The van der Waals surface area contributed by atoms with Gasteiger partial charge in [-0.3, -0.25) is 0 Å². The van der Waals surface area contributed by atoms with Gasteiger partial charge in [0, 0.05) is 12.1 Å². The van der Waals surface area contributed by atoms with Crippen molar-refractivity contribution in [3.05, 3.63) is 58.8 Å². The van der Waals surface area contributed by atoms with E-state index in [9.17, 15) is 8.78 Å². The Balaban J connectivity index is 1.87. The Labute approximate surface area is 133 Å². The predicted octanol–water partition coefficient (Wildman–Crippen LogP) is 2.81. The molecule has 2 N–H and O–H groups in total. The molecule has 0 aromatic heterocycles. The second kappa shape index (κ2) is 6.81. The Hall–Kier alpha value is -2.37. The largest absolute Gasteiger partial charge is 0.463 e. The topological polar surface area (TPSA) is 45.7 Å². The van der Waals surface area contributed by atoms with Crippen LogP contribution in [0.15, 0.2) is 46.6 Å². The standard InChI is InChI=1S/C17H19F2N3O/c1-11-7-12(10-20-9-11)8-15(22-17-21-5-6-23-17)13-3-2-4-14(18)16(13)19/h2-4,7,9,15,20H,5-6,8,10H2,1H3,(H,21,22). The molecule has 0 aliphatic carbocycles. The number of dihydropyridines is 1. The molecular formula is C17H19F2N3O. The van der Waals surface area contributed by atoms with Gasteiger partial charge in [-0.2, -0.15) is 0 Å². The van der Waals surface area contributed by atoms with E-state index >= 15 is 0 Å². The molecule has 0 saturated heterocycles. The van der Waals surface area contributed by atoms with Gasteiger partial charge in [0.2, 0.25) is 0 Å². The van der Waals surface area contributed by atoms with Crippen LogP contribution in [0.5, 0.6) is 0 Å². The van der Waals surface area contributed by atoms with Crippen molar-refractivity contribution in [2.45, 2.75) is 19.4 Å². The molecule has 1 aromatic rings. The lowest BCUT2D eigenvalue weighted by molar-refractivity contribution is 0.323. The van der Waals surface area contributed by atoms with Gasteiger partial charge in [0.25, 0.3) is 6.02 Å². The minimum absolute atomic E-state index is 0.274. The van der Waals surface area contributed by atoms with E-state index in [0.717, 1.165) is 17.2 Å². The Kier molecular flexibility index (Phi) is 4.60. The van der Waals surface area contributed by atoms with Crippen LogP contribution in [-0.4, -0.2) is 25.7 Å². The zero-order chi connectivity index (χ0) is 16.2. The fourth-order valence-electron chi connectivity index (χ4n) is 2.75. The van der Waals surface area contributed by atoms with Crippen molar-refractivity contribution in [2.75, 3.05) is 19.7 Å². The lowest BCUT2D eigenvalue weighted by atomic mass is 9.96. The third-order valence-corrected chi connectivity index (χ3v) is 3.80. The molecule has 2 heterocycles. The van der Waals surface area contributed by atoms with Gasteiger partial charge >= 0.3 is 0 Å². The number of ether oxygens (including phenoxy) is 1. The van der Waals surface area contributed by atoms with Gasteiger partial charge in [-0.1, -0.05) is 18.2 Å². The number of nitrogens with one attached hydrogen (secondary N) is 2. The fourth-order valence-corrected chi connectivity index (χ4v) is 2.75. The van der Waals surface area contributed by atoms with Crippen LogP contribution in [0.2, 0.25) is 0 Å². The van der Waals surface area contributed by atoms with Crippen LogP contribution in [0.25, 0.3) is 0 Å². The van der Waals surface area contributed by atoms with Crippen LogP contribution < -0.4 is 10.6 Å². The maximum absolute atomic E-state index is 14.2. The summed E-state index contributed by atoms with van der Waals surface area (Å²) in [6.45, 7) is 3.75. The molecule has 6 heteroatoms. The summed E-state index contributed by atoms with van der Waals surface area (Å²) in [4.78, 5) is 4.18. The first-order valence-corrected chi connectivity index (χ1v) is 7.61. The van der Waals surface area contributed by atoms with Crippen molar-refractivity contribution in [1.82, 2.24) is 10.6 Å². The highest BCUT2D eigenvalue weighted by Gasteiger charge is 2.23. The summed E-state index contributed by atoms with van der Waals surface area (Å²) in [5.41, 5.74) is 2.47. The molecule has 0 saturated carbocycles. The second-order valence-electron chi connectivity index (χ2n) is 5.65. The molecule has 4 nitrogen and oxygen atoms in total. The van der Waals surface area contributed by atoms with Gasteiger partial charge < -0.3 is 15.4 Å². The maximum Gasteiger partial charge on any atom is 0.285 e. The molecule has 0 bridgehead atoms. The average molecular weight is 319 g/mol. The lowest BCUT2D eigenvalue weighted by Gasteiger charge is -2.23. The number of hydrogen-bond donors (Lipinski definition) is 2. The first-order valence-electron chi connectivity index (χ1n) is 7.61. The number of rotatable bonds is 4. The summed E-state index contributed by atoms with van der Waals surface area (Å²) < 4.78 is 33.2. The molecule has 1 unspecified atom stereocenters. The van der Waals surface area contributed by atoms with E-state index in [1.807, 2.05) is 13.1 Å². The third kappa shape index (κ3) is 3.70. The summed E-state index contributed by atoms with van der Waals surface area (Å²) in [7, 11) is 0. The van der Waals surface area contributed by atoms with Gasteiger partial charge in [-0.05, 0) is 36.8 Å². The smallest absolute Gasteiger partial charge is 0.285 e. The van der Waals surface area contributed by atoms with Crippen molar-refractivity contribution in [3.63, 3.8) is 0 Å². The van der Waals surface area contributed by atoms with E-state index < -0.39 is 17.7 Å². The van der Waals surface area contributed by atoms with E-state index in [1.165, 1.54) is 6.07 Å². The third-order valence-electron chi connectivity index (χ3n) is 3.80. The summed E-state index contributed by atoms with van der Waals surface area (Å²) in [5, 5.41) is 6.27. The molecular weight excluding hydrogens is 300 g/mol. The fraction of sp³-hybridized carbons (Fsp3) is 0.353. The van der Waals surface area contributed by atoms with Gasteiger partial charge in [0.15, 0.2) is 11.6 Å². The second-order valence-corrected chi connectivity index (χ2v) is 5.65. The molecule has 0 amide bonds. The average Bonchev–Trinajstić information content (AvgIpc) is 3.02. The highest BCUT2D eigenvalue weighted by molar-refractivity contribution is 5.75. The monoisotopic (exact) mass is 319 g/mol. The van der Waals surface area contributed by atoms with E-state index in [1.54, 1.807) is 6.07 Å². The summed E-state index contributed by atoms with van der Waals surface area (Å²) >= 11 is 0. The van der Waals surface area contributed by atoms with Crippen molar-refractivity contribution >= 4 is 6.02 Å². The minimum Gasteiger partial charge on any atom is -0.463 e. The van der Waals surface area contributed by atoms with Crippen molar-refractivity contribution < 1.29 is 13.5 Å². The highest BCUT2D eigenvalue weighted by Crippen LogP contribution is 2.26. The Morgan fingerprint density at radius 1 is 1.39 bits per heavy atom. The van der Waals surface area contributed by atoms with E-state index in [4.69, 9.17) is 4.74 Å². The van der Waals surface area contributed by atoms with Crippen LogP contribution in [-0.2, 0) is 4.74 Å². The molecule has 122 valence electrons. The molecule has 0 fully saturated rings. The highest BCUT2D eigenvalue weighted by atomic mass is 19.2. The number of halogens is 2. The first-order chi connectivity index (χ1) is 11.1. The Morgan fingerprint density at radius 3 is 3.00 bits per heavy atom. The molecule has 2 aliphatic rings. The predicted molar refractivity (Wildman–Crippen MR) is 84.9 cm³/mol. The number of aliphatic imine (C=N–C) groups is 1. The SMILES string of the molecule is CC1=CNCC(CC(NC2=NCCO2)c2cccc(F)c2F)=C1. The van der Waals surface area contributed by atoms with Gasteiger partial charge in [-0.15, -0.1) is 0 Å². The molecule has 2 aliphatic heterocycles. The molecule has 23 heavy (non-hydrogen) atoms. The van der Waals surface area contributed by atoms with Crippen LogP contribution >= 0.6 is 0 Å². The van der Waals surface area contributed by atoms with Crippen molar-refractivity contribution in [1.29, 1.82) is 0 Å². The number of allylic oxidation sites excluding steroid dienone is 2. The summed E-state index contributed by atoms with van der Waals surface area (Å²) in [5.74, 6) is -1.68. The number of hydrogen-bond acceptors (Lipinski definition) is 4. The van der Waals surface area contributed by atoms with Crippen LogP contribution in [0.1, 0.15) is 24.9 Å².